The monoisotopic (exact) mass is 316 g/mol. The van der Waals surface area contributed by atoms with Crippen molar-refractivity contribution in [2.45, 2.75) is 13.3 Å². The third-order valence-corrected chi connectivity index (χ3v) is 3.68. The number of esters is 1. The average molecular weight is 316 g/mol. The zero-order chi connectivity index (χ0) is 15.7. The molecule has 0 bridgehead atoms. The molecule has 1 aromatic carbocycles. The standard InChI is InChI=1S/C13H20N2O5S/c1-2-19-13(16)7-10-21(17,18)15-11-3-5-12(6-4-11)20-9-8-14/h3-6,15H,2,7-10,14H2,1H3. The lowest BCUT2D eigenvalue weighted by Gasteiger charge is -2.09. The number of hydrogen-bond donors (Lipinski definition) is 2. The van der Waals surface area contributed by atoms with Crippen LogP contribution >= 0.6 is 0 Å². The van der Waals surface area contributed by atoms with Gasteiger partial charge in [0.1, 0.15) is 12.4 Å². The number of nitrogens with one attached hydrogen (secondary N) is 1. The Kier molecular flexibility index (Phi) is 6.97. The van der Waals surface area contributed by atoms with Crippen molar-refractivity contribution >= 4 is 21.7 Å². The van der Waals surface area contributed by atoms with Crippen molar-refractivity contribution in [3.05, 3.63) is 24.3 Å². The number of benzene rings is 1. The Balaban J connectivity index is 2.52. The molecule has 3 N–H and O–H groups in total. The second kappa shape index (κ2) is 8.48. The summed E-state index contributed by atoms with van der Waals surface area (Å²) in [5.41, 5.74) is 5.72. The predicted octanol–water partition coefficient (Wildman–Crippen LogP) is 0.719. The van der Waals surface area contributed by atoms with Crippen molar-refractivity contribution < 1.29 is 22.7 Å². The van der Waals surface area contributed by atoms with E-state index in [1.54, 1.807) is 31.2 Å². The van der Waals surface area contributed by atoms with Crippen LogP contribution < -0.4 is 15.2 Å². The van der Waals surface area contributed by atoms with Crippen LogP contribution in [0, 0.1) is 0 Å². The molecule has 7 nitrogen and oxygen atoms in total. The number of anilines is 1. The maximum absolute atomic E-state index is 11.8. The van der Waals surface area contributed by atoms with Crippen molar-refractivity contribution in [3.63, 3.8) is 0 Å². The highest BCUT2D eigenvalue weighted by Gasteiger charge is 2.14. The van der Waals surface area contributed by atoms with Crippen LogP contribution in [-0.4, -0.2) is 39.9 Å². The minimum absolute atomic E-state index is 0.180. The third-order valence-electron chi connectivity index (χ3n) is 2.39. The summed E-state index contributed by atoms with van der Waals surface area (Å²) >= 11 is 0. The Bertz CT molecular complexity index is 542. The lowest BCUT2D eigenvalue weighted by atomic mass is 10.3. The zero-order valence-corrected chi connectivity index (χ0v) is 12.7. The van der Waals surface area contributed by atoms with E-state index in [-0.39, 0.29) is 18.8 Å². The van der Waals surface area contributed by atoms with E-state index in [2.05, 4.69) is 9.46 Å². The predicted molar refractivity (Wildman–Crippen MR) is 79.7 cm³/mol. The second-order valence-electron chi connectivity index (χ2n) is 4.14. The highest BCUT2D eigenvalue weighted by molar-refractivity contribution is 7.92. The molecule has 8 heteroatoms. The molecule has 0 saturated carbocycles. The largest absolute Gasteiger partial charge is 0.492 e. The van der Waals surface area contributed by atoms with Gasteiger partial charge in [-0.15, -0.1) is 0 Å². The van der Waals surface area contributed by atoms with Crippen LogP contribution in [0.25, 0.3) is 0 Å². The quantitative estimate of drug-likeness (QED) is 0.650. The lowest BCUT2D eigenvalue weighted by Crippen LogP contribution is -2.20. The summed E-state index contributed by atoms with van der Waals surface area (Å²) in [6, 6.07) is 6.43. The van der Waals surface area contributed by atoms with Crippen LogP contribution in [0.15, 0.2) is 24.3 Å². The molecular formula is C13H20N2O5S. The Hall–Kier alpha value is -1.80. The first-order chi connectivity index (χ1) is 9.96. The molecule has 0 amide bonds. The van der Waals surface area contributed by atoms with Crippen LogP contribution in [-0.2, 0) is 19.6 Å². The number of rotatable bonds is 9. The lowest BCUT2D eigenvalue weighted by molar-refractivity contribution is -0.142. The Morgan fingerprint density at radius 1 is 1.29 bits per heavy atom. The highest BCUT2D eigenvalue weighted by atomic mass is 32.2. The van der Waals surface area contributed by atoms with E-state index >= 15 is 0 Å². The van der Waals surface area contributed by atoms with E-state index < -0.39 is 16.0 Å². The summed E-state index contributed by atoms with van der Waals surface area (Å²) < 4.78 is 35.9. The molecular weight excluding hydrogens is 296 g/mol. The number of carbonyl (C=O) groups excluding carboxylic acids is 1. The van der Waals surface area contributed by atoms with Gasteiger partial charge in [0.15, 0.2) is 0 Å². The van der Waals surface area contributed by atoms with Gasteiger partial charge in [-0.1, -0.05) is 0 Å². The number of ether oxygens (including phenoxy) is 2. The molecule has 21 heavy (non-hydrogen) atoms. The first-order valence-corrected chi connectivity index (χ1v) is 8.21. The highest BCUT2D eigenvalue weighted by Crippen LogP contribution is 2.16. The van der Waals surface area contributed by atoms with Gasteiger partial charge in [0.05, 0.1) is 18.8 Å². The van der Waals surface area contributed by atoms with Gasteiger partial charge in [-0.25, -0.2) is 8.42 Å². The number of sulfonamides is 1. The van der Waals surface area contributed by atoms with Crippen molar-refractivity contribution in [2.24, 2.45) is 5.73 Å². The smallest absolute Gasteiger partial charge is 0.306 e. The molecule has 0 radical (unpaired) electrons. The minimum atomic E-state index is -3.59. The van der Waals surface area contributed by atoms with Gasteiger partial charge >= 0.3 is 5.97 Å². The van der Waals surface area contributed by atoms with E-state index in [9.17, 15) is 13.2 Å². The molecule has 0 aliphatic heterocycles. The maximum atomic E-state index is 11.8. The van der Waals surface area contributed by atoms with Gasteiger partial charge in [0.2, 0.25) is 10.0 Å². The summed E-state index contributed by atoms with van der Waals surface area (Å²) in [6.07, 6.45) is -0.180. The van der Waals surface area contributed by atoms with Crippen molar-refractivity contribution in [3.8, 4) is 5.75 Å². The summed E-state index contributed by atoms with van der Waals surface area (Å²) in [5.74, 6) is -0.250. The molecule has 0 aromatic heterocycles. The molecule has 0 heterocycles. The van der Waals surface area contributed by atoms with Crippen molar-refractivity contribution in [1.82, 2.24) is 0 Å². The molecule has 118 valence electrons. The molecule has 0 saturated heterocycles. The van der Waals surface area contributed by atoms with Gasteiger partial charge in [-0.05, 0) is 31.2 Å². The van der Waals surface area contributed by atoms with Gasteiger partial charge in [-0.3, -0.25) is 9.52 Å². The fraction of sp³-hybridized carbons (Fsp3) is 0.462. The number of nitrogens with two attached hydrogens (primary N) is 1. The Labute approximate surface area is 124 Å². The van der Waals surface area contributed by atoms with Crippen LogP contribution in [0.3, 0.4) is 0 Å². The van der Waals surface area contributed by atoms with Crippen LogP contribution in [0.4, 0.5) is 5.69 Å². The molecule has 0 unspecified atom stereocenters. The van der Waals surface area contributed by atoms with E-state index in [0.717, 1.165) is 0 Å². The Morgan fingerprint density at radius 3 is 2.52 bits per heavy atom. The minimum Gasteiger partial charge on any atom is -0.492 e. The molecule has 1 rings (SSSR count). The molecule has 0 aliphatic rings. The summed E-state index contributed by atoms with van der Waals surface area (Å²) in [4.78, 5) is 11.1. The van der Waals surface area contributed by atoms with Crippen molar-refractivity contribution in [2.75, 3.05) is 30.2 Å². The Morgan fingerprint density at radius 2 is 1.95 bits per heavy atom. The summed E-state index contributed by atoms with van der Waals surface area (Å²) in [7, 11) is -3.59. The van der Waals surface area contributed by atoms with E-state index in [0.29, 0.717) is 24.6 Å². The van der Waals surface area contributed by atoms with Gasteiger partial charge in [-0.2, -0.15) is 0 Å². The van der Waals surface area contributed by atoms with E-state index in [4.69, 9.17) is 10.5 Å². The van der Waals surface area contributed by atoms with E-state index in [1.165, 1.54) is 0 Å². The van der Waals surface area contributed by atoms with Crippen LogP contribution in [0.1, 0.15) is 13.3 Å². The first-order valence-electron chi connectivity index (χ1n) is 6.56. The topological polar surface area (TPSA) is 108 Å². The SMILES string of the molecule is CCOC(=O)CCS(=O)(=O)Nc1ccc(OCCN)cc1. The fourth-order valence-electron chi connectivity index (χ4n) is 1.48. The first kappa shape index (κ1) is 17.3. The van der Waals surface area contributed by atoms with Crippen LogP contribution in [0.5, 0.6) is 5.75 Å². The fourth-order valence-corrected chi connectivity index (χ4v) is 2.51. The van der Waals surface area contributed by atoms with Gasteiger partial charge < -0.3 is 15.2 Å². The summed E-state index contributed by atoms with van der Waals surface area (Å²) in [6.45, 7) is 2.70. The zero-order valence-electron chi connectivity index (χ0n) is 11.9. The number of carbonyl (C=O) groups is 1. The molecule has 1 aromatic rings. The second-order valence-corrected chi connectivity index (χ2v) is 5.98. The van der Waals surface area contributed by atoms with Crippen LogP contribution in [0.2, 0.25) is 0 Å². The van der Waals surface area contributed by atoms with Gasteiger partial charge in [0.25, 0.3) is 0 Å². The summed E-state index contributed by atoms with van der Waals surface area (Å²) in [5, 5.41) is 0. The van der Waals surface area contributed by atoms with Crippen molar-refractivity contribution in [1.29, 1.82) is 0 Å². The molecule has 0 fully saturated rings. The van der Waals surface area contributed by atoms with E-state index in [1.807, 2.05) is 0 Å². The molecule has 0 atom stereocenters. The molecule has 0 spiro atoms. The average Bonchev–Trinajstić information content (AvgIpc) is 2.45. The molecule has 0 aliphatic carbocycles. The third kappa shape index (κ3) is 6.96. The maximum Gasteiger partial charge on any atom is 0.306 e. The number of hydrogen-bond acceptors (Lipinski definition) is 6. The normalized spacial score (nSPS) is 11.0. The van der Waals surface area contributed by atoms with Gasteiger partial charge in [0, 0.05) is 12.2 Å².